The molecule has 1 aromatic heterocycles. The Hall–Kier alpha value is -2.80. The second-order valence-electron chi connectivity index (χ2n) is 5.26. The number of anilines is 1. The molecule has 1 aliphatic rings. The molecule has 0 radical (unpaired) electrons. The van der Waals surface area contributed by atoms with Crippen LogP contribution < -0.4 is 14.8 Å². The van der Waals surface area contributed by atoms with E-state index in [1.807, 2.05) is 0 Å². The van der Waals surface area contributed by atoms with Crippen molar-refractivity contribution in [1.82, 2.24) is 4.98 Å². The van der Waals surface area contributed by atoms with Crippen molar-refractivity contribution in [2.45, 2.75) is 13.0 Å². The second kappa shape index (κ2) is 7.40. The van der Waals surface area contributed by atoms with Crippen LogP contribution >= 0.6 is 11.6 Å². The molecule has 1 aromatic carbocycles. The van der Waals surface area contributed by atoms with Crippen LogP contribution in [0.3, 0.4) is 0 Å². The minimum absolute atomic E-state index is 0.211. The summed E-state index contributed by atoms with van der Waals surface area (Å²) in [4.78, 5) is 28.0. The van der Waals surface area contributed by atoms with Gasteiger partial charge in [0.15, 0.2) is 17.6 Å². The lowest BCUT2D eigenvalue weighted by atomic mass is 10.2. The molecule has 1 amide bonds. The number of ether oxygens (including phenoxy) is 3. The predicted molar refractivity (Wildman–Crippen MR) is 90.2 cm³/mol. The van der Waals surface area contributed by atoms with Gasteiger partial charge in [-0.25, -0.2) is 9.78 Å². The van der Waals surface area contributed by atoms with Crippen LogP contribution in [0.2, 0.25) is 5.15 Å². The summed E-state index contributed by atoms with van der Waals surface area (Å²) < 4.78 is 16.0. The molecule has 0 saturated carbocycles. The Morgan fingerprint density at radius 3 is 2.68 bits per heavy atom. The van der Waals surface area contributed by atoms with Crippen molar-refractivity contribution in [3.8, 4) is 11.5 Å². The minimum Gasteiger partial charge on any atom is -0.486 e. The third kappa shape index (κ3) is 4.19. The third-order valence-electron chi connectivity index (χ3n) is 3.43. The molecule has 8 heteroatoms. The lowest BCUT2D eigenvalue weighted by Crippen LogP contribution is -2.30. The monoisotopic (exact) mass is 362 g/mol. The molecule has 0 fully saturated rings. The van der Waals surface area contributed by atoms with Gasteiger partial charge in [-0.2, -0.15) is 0 Å². The summed E-state index contributed by atoms with van der Waals surface area (Å²) in [6.45, 7) is 2.42. The van der Waals surface area contributed by atoms with E-state index >= 15 is 0 Å². The van der Waals surface area contributed by atoms with Crippen molar-refractivity contribution < 1.29 is 23.8 Å². The first-order valence-corrected chi connectivity index (χ1v) is 7.94. The molecule has 2 heterocycles. The highest BCUT2D eigenvalue weighted by Gasteiger charge is 2.20. The standard InChI is InChI=1S/C17H15ClN2O5/c1-10(25-17(22)11-2-5-15(18)19-9-11)16(21)20-12-3-4-13-14(8-12)24-7-6-23-13/h2-5,8-10H,6-7H2,1H3,(H,20,21). The Morgan fingerprint density at radius 1 is 1.20 bits per heavy atom. The Kier molecular flexibility index (Phi) is 5.04. The minimum atomic E-state index is -0.989. The van der Waals surface area contributed by atoms with Crippen molar-refractivity contribution in [3.05, 3.63) is 47.2 Å². The highest BCUT2D eigenvalue weighted by molar-refractivity contribution is 6.29. The van der Waals surface area contributed by atoms with Gasteiger partial charge in [0, 0.05) is 18.0 Å². The fraction of sp³-hybridized carbons (Fsp3) is 0.235. The fourth-order valence-electron chi connectivity index (χ4n) is 2.14. The number of hydrogen-bond donors (Lipinski definition) is 1. The average molecular weight is 363 g/mol. The summed E-state index contributed by atoms with van der Waals surface area (Å²) in [5, 5.41) is 2.93. The summed E-state index contributed by atoms with van der Waals surface area (Å²) in [5.41, 5.74) is 0.730. The number of carbonyl (C=O) groups excluding carboxylic acids is 2. The molecule has 0 aliphatic carbocycles. The molecule has 1 unspecified atom stereocenters. The van der Waals surface area contributed by atoms with Crippen LogP contribution in [0.4, 0.5) is 5.69 Å². The number of esters is 1. The number of nitrogens with zero attached hydrogens (tertiary/aromatic N) is 1. The van der Waals surface area contributed by atoms with E-state index in [0.29, 0.717) is 30.4 Å². The molecule has 1 aliphatic heterocycles. The highest BCUT2D eigenvalue weighted by atomic mass is 35.5. The first-order valence-electron chi connectivity index (χ1n) is 7.56. The molecule has 2 aromatic rings. The van der Waals surface area contributed by atoms with Crippen LogP contribution in [0.1, 0.15) is 17.3 Å². The van der Waals surface area contributed by atoms with E-state index in [1.54, 1.807) is 18.2 Å². The lowest BCUT2D eigenvalue weighted by Gasteiger charge is -2.19. The first kappa shape index (κ1) is 17.0. The van der Waals surface area contributed by atoms with Crippen LogP contribution in [0, 0.1) is 0 Å². The number of nitrogens with one attached hydrogen (secondary N) is 1. The maximum atomic E-state index is 12.2. The molecule has 130 valence electrons. The number of pyridine rings is 1. The number of carbonyl (C=O) groups is 2. The maximum Gasteiger partial charge on any atom is 0.340 e. The van der Waals surface area contributed by atoms with Crippen molar-refractivity contribution in [2.24, 2.45) is 0 Å². The topological polar surface area (TPSA) is 86.8 Å². The van der Waals surface area contributed by atoms with E-state index in [4.69, 9.17) is 25.8 Å². The van der Waals surface area contributed by atoms with Gasteiger partial charge in [0.1, 0.15) is 18.4 Å². The summed E-state index contributed by atoms with van der Waals surface area (Å²) in [6.07, 6.45) is 0.298. The molecule has 7 nitrogen and oxygen atoms in total. The van der Waals surface area contributed by atoms with Crippen LogP contribution in [-0.4, -0.2) is 36.2 Å². The van der Waals surface area contributed by atoms with E-state index in [-0.39, 0.29) is 10.7 Å². The fourth-order valence-corrected chi connectivity index (χ4v) is 2.26. The Labute approximate surface area is 148 Å². The number of hydrogen-bond acceptors (Lipinski definition) is 6. The Balaban J connectivity index is 1.60. The zero-order chi connectivity index (χ0) is 17.8. The first-order chi connectivity index (χ1) is 12.0. The molecule has 1 atom stereocenters. The SMILES string of the molecule is CC(OC(=O)c1ccc(Cl)nc1)C(=O)Nc1ccc2c(c1)OCCO2. The van der Waals surface area contributed by atoms with E-state index in [0.717, 1.165) is 0 Å². The quantitative estimate of drug-likeness (QED) is 0.664. The van der Waals surface area contributed by atoms with Gasteiger partial charge in [0.2, 0.25) is 0 Å². The average Bonchev–Trinajstić information content (AvgIpc) is 2.62. The molecular formula is C17H15ClN2O5. The number of benzene rings is 1. The van der Waals surface area contributed by atoms with E-state index < -0.39 is 18.0 Å². The molecule has 0 saturated heterocycles. The highest BCUT2D eigenvalue weighted by Crippen LogP contribution is 2.32. The van der Waals surface area contributed by atoms with E-state index in [1.165, 1.54) is 25.3 Å². The number of amides is 1. The van der Waals surface area contributed by atoms with Crippen LogP contribution in [0.5, 0.6) is 11.5 Å². The molecular weight excluding hydrogens is 348 g/mol. The van der Waals surface area contributed by atoms with Gasteiger partial charge in [-0.1, -0.05) is 11.6 Å². The third-order valence-corrected chi connectivity index (χ3v) is 3.65. The number of halogens is 1. The van der Waals surface area contributed by atoms with Gasteiger partial charge >= 0.3 is 5.97 Å². The summed E-state index contributed by atoms with van der Waals surface area (Å²) in [7, 11) is 0. The summed E-state index contributed by atoms with van der Waals surface area (Å²) in [6, 6.07) is 7.99. The van der Waals surface area contributed by atoms with Crippen molar-refractivity contribution >= 4 is 29.2 Å². The number of fused-ring (bicyclic) bond motifs is 1. The maximum absolute atomic E-state index is 12.2. The molecule has 0 bridgehead atoms. The summed E-state index contributed by atoms with van der Waals surface area (Å²) >= 11 is 5.67. The van der Waals surface area contributed by atoms with Crippen LogP contribution in [0.25, 0.3) is 0 Å². The van der Waals surface area contributed by atoms with Gasteiger partial charge in [-0.15, -0.1) is 0 Å². The zero-order valence-electron chi connectivity index (χ0n) is 13.3. The molecule has 25 heavy (non-hydrogen) atoms. The van der Waals surface area contributed by atoms with Gasteiger partial charge in [0.25, 0.3) is 5.91 Å². The Morgan fingerprint density at radius 2 is 1.96 bits per heavy atom. The second-order valence-corrected chi connectivity index (χ2v) is 5.65. The van der Waals surface area contributed by atoms with Crippen molar-refractivity contribution in [3.63, 3.8) is 0 Å². The van der Waals surface area contributed by atoms with Gasteiger partial charge in [0.05, 0.1) is 5.56 Å². The zero-order valence-corrected chi connectivity index (χ0v) is 14.1. The smallest absolute Gasteiger partial charge is 0.340 e. The van der Waals surface area contributed by atoms with Crippen molar-refractivity contribution in [2.75, 3.05) is 18.5 Å². The number of aromatic nitrogens is 1. The van der Waals surface area contributed by atoms with E-state index in [9.17, 15) is 9.59 Å². The lowest BCUT2D eigenvalue weighted by molar-refractivity contribution is -0.123. The van der Waals surface area contributed by atoms with E-state index in [2.05, 4.69) is 10.3 Å². The normalized spacial score (nSPS) is 13.7. The predicted octanol–water partition coefficient (Wildman–Crippen LogP) is 2.69. The largest absolute Gasteiger partial charge is 0.486 e. The number of rotatable bonds is 4. The van der Waals surface area contributed by atoms with Gasteiger partial charge in [-0.3, -0.25) is 4.79 Å². The molecule has 3 rings (SSSR count). The van der Waals surface area contributed by atoms with Gasteiger partial charge in [-0.05, 0) is 31.2 Å². The Bertz CT molecular complexity index is 794. The van der Waals surface area contributed by atoms with Crippen LogP contribution in [-0.2, 0) is 9.53 Å². The molecule has 0 spiro atoms. The molecule has 1 N–H and O–H groups in total. The van der Waals surface area contributed by atoms with Crippen molar-refractivity contribution in [1.29, 1.82) is 0 Å². The summed E-state index contributed by atoms with van der Waals surface area (Å²) in [5.74, 6) is 0.0563. The van der Waals surface area contributed by atoms with Crippen LogP contribution in [0.15, 0.2) is 36.5 Å². The van der Waals surface area contributed by atoms with Gasteiger partial charge < -0.3 is 19.5 Å².